The molecule has 0 saturated carbocycles. The highest BCUT2D eigenvalue weighted by atomic mass is 31.2. The van der Waals surface area contributed by atoms with Gasteiger partial charge in [-0.1, -0.05) is 168 Å². The van der Waals surface area contributed by atoms with Crippen LogP contribution < -0.4 is 5.73 Å². The fourth-order valence-corrected chi connectivity index (χ4v) is 6.23. The molecular weight excluding hydrogens is 589 g/mol. The van der Waals surface area contributed by atoms with Crippen molar-refractivity contribution in [3.8, 4) is 0 Å². The van der Waals surface area contributed by atoms with Crippen molar-refractivity contribution in [2.75, 3.05) is 33.0 Å². The average Bonchev–Trinajstić information content (AvgIpc) is 3.02. The lowest BCUT2D eigenvalue weighted by Crippen LogP contribution is -2.28. The molecule has 3 N–H and O–H groups in total. The van der Waals surface area contributed by atoms with E-state index in [0.717, 1.165) is 32.1 Å². The number of carbonyl (C=O) groups excluding carboxylic acids is 1. The molecular formula is C36H74NO7P. The van der Waals surface area contributed by atoms with Crippen LogP contribution in [0.4, 0.5) is 0 Å². The molecule has 2 atom stereocenters. The molecule has 0 amide bonds. The monoisotopic (exact) mass is 664 g/mol. The van der Waals surface area contributed by atoms with Crippen molar-refractivity contribution >= 4 is 13.8 Å². The van der Waals surface area contributed by atoms with Gasteiger partial charge in [-0.25, -0.2) is 4.57 Å². The van der Waals surface area contributed by atoms with Crippen LogP contribution in [0.3, 0.4) is 0 Å². The van der Waals surface area contributed by atoms with Crippen molar-refractivity contribution in [2.24, 2.45) is 5.73 Å². The first-order valence-electron chi connectivity index (χ1n) is 19.0. The van der Waals surface area contributed by atoms with E-state index in [0.29, 0.717) is 13.0 Å². The van der Waals surface area contributed by atoms with E-state index in [-0.39, 0.29) is 32.3 Å². The molecule has 0 aliphatic heterocycles. The van der Waals surface area contributed by atoms with Gasteiger partial charge in [0.1, 0.15) is 6.10 Å². The standard InChI is InChI=1S/C36H74NO7P/c1-3-5-7-9-11-13-14-15-16-17-18-19-20-22-24-26-28-31-41-33-35(34-43-45(39,40)42-32-30-37)44-36(38)29-27-25-23-21-12-10-8-6-4-2/h35H,3-34,37H2,1-2H3,(H,39,40). The second-order valence-electron chi connectivity index (χ2n) is 12.8. The predicted octanol–water partition coefficient (Wildman–Crippen LogP) is 10.6. The summed E-state index contributed by atoms with van der Waals surface area (Å²) in [6.45, 7) is 4.94. The molecule has 0 aromatic rings. The Morgan fingerprint density at radius 1 is 0.578 bits per heavy atom. The van der Waals surface area contributed by atoms with E-state index in [1.165, 1.54) is 135 Å². The highest BCUT2D eigenvalue weighted by molar-refractivity contribution is 7.47. The van der Waals surface area contributed by atoms with Crippen molar-refractivity contribution in [1.82, 2.24) is 0 Å². The topological polar surface area (TPSA) is 117 Å². The van der Waals surface area contributed by atoms with Crippen molar-refractivity contribution in [1.29, 1.82) is 0 Å². The third-order valence-electron chi connectivity index (χ3n) is 8.27. The smallest absolute Gasteiger partial charge is 0.457 e. The van der Waals surface area contributed by atoms with Crippen LogP contribution >= 0.6 is 7.82 Å². The first kappa shape index (κ1) is 44.5. The Kier molecular flexibility index (Phi) is 34.4. The zero-order chi connectivity index (χ0) is 33.1. The van der Waals surface area contributed by atoms with E-state index in [1.807, 2.05) is 0 Å². The van der Waals surface area contributed by atoms with Gasteiger partial charge >= 0.3 is 13.8 Å². The quantitative estimate of drug-likeness (QED) is 0.0383. The predicted molar refractivity (Wildman–Crippen MR) is 187 cm³/mol. The number of carbonyl (C=O) groups is 1. The number of hydrogen-bond acceptors (Lipinski definition) is 7. The maximum atomic E-state index is 12.4. The van der Waals surface area contributed by atoms with Gasteiger partial charge in [0.15, 0.2) is 0 Å². The summed E-state index contributed by atoms with van der Waals surface area (Å²) in [6, 6.07) is 0. The van der Waals surface area contributed by atoms with Crippen LogP contribution in [0.1, 0.15) is 187 Å². The van der Waals surface area contributed by atoms with E-state index in [9.17, 15) is 14.3 Å². The fourth-order valence-electron chi connectivity index (χ4n) is 5.47. The molecule has 0 aliphatic carbocycles. The average molecular weight is 664 g/mol. The maximum absolute atomic E-state index is 12.4. The lowest BCUT2D eigenvalue weighted by molar-refractivity contribution is -0.154. The molecule has 270 valence electrons. The van der Waals surface area contributed by atoms with E-state index in [2.05, 4.69) is 13.8 Å². The summed E-state index contributed by atoms with van der Waals surface area (Å²) < 4.78 is 33.2. The van der Waals surface area contributed by atoms with Crippen LogP contribution in [-0.4, -0.2) is 49.9 Å². The summed E-state index contributed by atoms with van der Waals surface area (Å²) in [4.78, 5) is 22.3. The van der Waals surface area contributed by atoms with Crippen LogP contribution in [0.2, 0.25) is 0 Å². The number of nitrogens with two attached hydrogens (primary N) is 1. The van der Waals surface area contributed by atoms with Crippen LogP contribution in [0, 0.1) is 0 Å². The van der Waals surface area contributed by atoms with E-state index < -0.39 is 13.9 Å². The Morgan fingerprint density at radius 2 is 0.978 bits per heavy atom. The third kappa shape index (κ3) is 34.6. The molecule has 8 nitrogen and oxygen atoms in total. The van der Waals surface area contributed by atoms with Crippen molar-refractivity contribution in [3.05, 3.63) is 0 Å². The lowest BCUT2D eigenvalue weighted by atomic mass is 10.0. The number of hydrogen-bond donors (Lipinski definition) is 2. The van der Waals surface area contributed by atoms with Gasteiger partial charge in [-0.15, -0.1) is 0 Å². The maximum Gasteiger partial charge on any atom is 0.472 e. The van der Waals surface area contributed by atoms with Gasteiger partial charge in [-0.2, -0.15) is 0 Å². The first-order chi connectivity index (χ1) is 21.9. The van der Waals surface area contributed by atoms with E-state index >= 15 is 0 Å². The largest absolute Gasteiger partial charge is 0.472 e. The highest BCUT2D eigenvalue weighted by Gasteiger charge is 2.25. The Bertz CT molecular complexity index is 667. The molecule has 0 spiro atoms. The number of phosphoric acid groups is 1. The van der Waals surface area contributed by atoms with E-state index in [4.69, 9.17) is 24.3 Å². The molecule has 45 heavy (non-hydrogen) atoms. The normalized spacial score (nSPS) is 13.6. The molecule has 0 aromatic carbocycles. The summed E-state index contributed by atoms with van der Waals surface area (Å²) >= 11 is 0. The summed E-state index contributed by atoms with van der Waals surface area (Å²) in [6.07, 6.45) is 32.6. The summed E-state index contributed by atoms with van der Waals surface area (Å²) in [5, 5.41) is 0. The molecule has 0 rings (SSSR count). The Morgan fingerprint density at radius 3 is 1.40 bits per heavy atom. The van der Waals surface area contributed by atoms with Crippen molar-refractivity contribution in [3.63, 3.8) is 0 Å². The van der Waals surface area contributed by atoms with Crippen molar-refractivity contribution < 1.29 is 32.8 Å². The number of rotatable bonds is 37. The van der Waals surface area contributed by atoms with Gasteiger partial charge in [0.05, 0.1) is 19.8 Å². The molecule has 0 saturated heterocycles. The van der Waals surface area contributed by atoms with Crippen LogP contribution in [0.5, 0.6) is 0 Å². The van der Waals surface area contributed by atoms with Gasteiger partial charge < -0.3 is 20.1 Å². The minimum absolute atomic E-state index is 0.0906. The number of phosphoric ester groups is 1. The number of unbranched alkanes of at least 4 members (excludes halogenated alkanes) is 24. The molecule has 0 fully saturated rings. The number of esters is 1. The molecule has 0 bridgehead atoms. The minimum atomic E-state index is -4.26. The van der Waals surface area contributed by atoms with Gasteiger partial charge in [0, 0.05) is 19.6 Å². The van der Waals surface area contributed by atoms with Gasteiger partial charge in [0.2, 0.25) is 0 Å². The SMILES string of the molecule is CCCCCCCCCCCCCCCCCCCOCC(COP(=O)(O)OCCN)OC(=O)CCCCCCCCCCC. The van der Waals surface area contributed by atoms with E-state index in [1.54, 1.807) is 0 Å². The Balaban J connectivity index is 3.97. The third-order valence-corrected chi connectivity index (χ3v) is 9.26. The Labute approximate surface area is 278 Å². The van der Waals surface area contributed by atoms with Gasteiger partial charge in [-0.3, -0.25) is 13.8 Å². The summed E-state index contributed by atoms with van der Waals surface area (Å²) in [7, 11) is -4.26. The second-order valence-corrected chi connectivity index (χ2v) is 14.3. The molecule has 0 aliphatic rings. The molecule has 2 unspecified atom stereocenters. The molecule has 9 heteroatoms. The molecule has 0 heterocycles. The van der Waals surface area contributed by atoms with Crippen LogP contribution in [0.15, 0.2) is 0 Å². The first-order valence-corrected chi connectivity index (χ1v) is 20.5. The fraction of sp³-hybridized carbons (Fsp3) is 0.972. The minimum Gasteiger partial charge on any atom is -0.457 e. The van der Waals surface area contributed by atoms with Crippen LogP contribution in [-0.2, 0) is 27.9 Å². The molecule has 0 radical (unpaired) electrons. The zero-order valence-electron chi connectivity index (χ0n) is 29.6. The second kappa shape index (κ2) is 34.8. The van der Waals surface area contributed by atoms with Gasteiger partial charge in [-0.05, 0) is 12.8 Å². The van der Waals surface area contributed by atoms with Crippen LogP contribution in [0.25, 0.3) is 0 Å². The number of ether oxygens (including phenoxy) is 2. The molecule has 0 aromatic heterocycles. The summed E-state index contributed by atoms with van der Waals surface area (Å²) in [5.74, 6) is -0.330. The summed E-state index contributed by atoms with van der Waals surface area (Å²) in [5.41, 5.74) is 5.34. The van der Waals surface area contributed by atoms with Gasteiger partial charge in [0.25, 0.3) is 0 Å². The van der Waals surface area contributed by atoms with Crippen molar-refractivity contribution in [2.45, 2.75) is 193 Å². The highest BCUT2D eigenvalue weighted by Crippen LogP contribution is 2.43. The Hall–Kier alpha value is -0.500. The lowest BCUT2D eigenvalue weighted by Gasteiger charge is -2.20. The zero-order valence-corrected chi connectivity index (χ0v) is 30.5.